The number of carbonyl (C=O) groups is 1. The number of nitrogens with zero attached hydrogens (tertiary/aromatic N) is 1. The fourth-order valence-corrected chi connectivity index (χ4v) is 3.82. The maximum Gasteiger partial charge on any atom is 0.354 e. The topological polar surface area (TPSA) is 49.7 Å². The molecule has 0 spiro atoms. The van der Waals surface area contributed by atoms with Gasteiger partial charge in [0.15, 0.2) is 11.5 Å². The normalized spacial score (nSPS) is 10.2. The summed E-state index contributed by atoms with van der Waals surface area (Å²) in [6.45, 7) is 0. The molecule has 1 heterocycles. The van der Waals surface area contributed by atoms with Crippen LogP contribution in [0.4, 0.5) is 8.78 Å². The van der Waals surface area contributed by atoms with Gasteiger partial charge in [-0.3, -0.25) is 0 Å². The van der Waals surface area contributed by atoms with E-state index in [9.17, 15) is 13.6 Å². The molecule has 0 fully saturated rings. The number of ether oxygens (including phenoxy) is 3. The lowest BCUT2D eigenvalue weighted by atomic mass is 10.0. The van der Waals surface area contributed by atoms with Crippen LogP contribution < -0.4 is 9.47 Å². The first-order valence-electron chi connectivity index (χ1n) is 10.8. The summed E-state index contributed by atoms with van der Waals surface area (Å²) in [7, 11) is 5.97. The largest absolute Gasteiger partial charge is 0.492 e. The van der Waals surface area contributed by atoms with Crippen LogP contribution >= 0.6 is 0 Å². The molecule has 0 amide bonds. The lowest BCUT2D eigenvalue weighted by Gasteiger charge is -2.15. The van der Waals surface area contributed by atoms with Crippen molar-refractivity contribution >= 4 is 16.9 Å². The Morgan fingerprint density at radius 2 is 1.22 bits per heavy atom. The third kappa shape index (κ3) is 4.60. The molecule has 5 nitrogen and oxygen atoms in total. The number of esters is 1. The van der Waals surface area contributed by atoms with Gasteiger partial charge in [-0.05, 0) is 54.6 Å². The first-order valence-corrected chi connectivity index (χ1v) is 10.8. The second-order valence-electron chi connectivity index (χ2n) is 7.67. The van der Waals surface area contributed by atoms with Crippen molar-refractivity contribution in [2.24, 2.45) is 7.05 Å². The Balaban J connectivity index is 2.05. The molecule has 0 saturated heterocycles. The fourth-order valence-electron chi connectivity index (χ4n) is 3.82. The Morgan fingerprint density at radius 3 is 1.69 bits per heavy atom. The van der Waals surface area contributed by atoms with Gasteiger partial charge in [0.1, 0.15) is 17.3 Å². The van der Waals surface area contributed by atoms with E-state index in [4.69, 9.17) is 14.2 Å². The number of halogens is 2. The lowest BCUT2D eigenvalue weighted by molar-refractivity contribution is 0.0590. The van der Waals surface area contributed by atoms with Gasteiger partial charge < -0.3 is 18.8 Å². The highest BCUT2D eigenvalue weighted by Crippen LogP contribution is 2.42. The molecule has 1 aromatic heterocycles. The van der Waals surface area contributed by atoms with E-state index >= 15 is 0 Å². The number of hydrogen-bond donors (Lipinski definition) is 0. The number of rotatable bonds is 3. The molecular formula is C29H21F2NO4. The van der Waals surface area contributed by atoms with Crippen molar-refractivity contribution in [1.82, 2.24) is 4.57 Å². The number of aryl methyl sites for hydroxylation is 1. The Morgan fingerprint density at radius 1 is 0.750 bits per heavy atom. The lowest BCUT2D eigenvalue weighted by Crippen LogP contribution is -2.07. The minimum Gasteiger partial charge on any atom is -0.492 e. The smallest absolute Gasteiger partial charge is 0.354 e. The Bertz CT molecular complexity index is 1580. The van der Waals surface area contributed by atoms with Gasteiger partial charge in [-0.1, -0.05) is 23.7 Å². The van der Waals surface area contributed by atoms with Gasteiger partial charge in [0.05, 0.1) is 38.0 Å². The van der Waals surface area contributed by atoms with Crippen molar-refractivity contribution < 1.29 is 27.8 Å². The molecule has 0 radical (unpaired) electrons. The van der Waals surface area contributed by atoms with E-state index in [1.54, 1.807) is 41.9 Å². The third-order valence-electron chi connectivity index (χ3n) is 5.55. The summed E-state index contributed by atoms with van der Waals surface area (Å²) in [5.74, 6) is 11.6. The van der Waals surface area contributed by atoms with Crippen molar-refractivity contribution in [2.75, 3.05) is 21.3 Å². The number of methoxy groups -OCH3 is 3. The summed E-state index contributed by atoms with van der Waals surface area (Å²) in [4.78, 5) is 12.5. The fraction of sp³-hybridized carbons (Fsp3) is 0.138. The molecule has 0 bridgehead atoms. The molecule has 0 saturated carbocycles. The van der Waals surface area contributed by atoms with Gasteiger partial charge in [0.2, 0.25) is 0 Å². The van der Waals surface area contributed by atoms with Crippen LogP contribution in [0.25, 0.3) is 10.9 Å². The highest BCUT2D eigenvalue weighted by atomic mass is 19.1. The third-order valence-corrected chi connectivity index (χ3v) is 5.55. The second-order valence-corrected chi connectivity index (χ2v) is 7.67. The Labute approximate surface area is 207 Å². The zero-order valence-corrected chi connectivity index (χ0v) is 20.0. The molecule has 3 aromatic carbocycles. The molecule has 7 heteroatoms. The summed E-state index contributed by atoms with van der Waals surface area (Å²) < 4.78 is 44.7. The molecule has 0 aliphatic carbocycles. The number of fused-ring (bicyclic) bond motifs is 1. The van der Waals surface area contributed by atoms with E-state index in [2.05, 4.69) is 23.7 Å². The summed E-state index contributed by atoms with van der Waals surface area (Å²) in [5.41, 5.74) is 2.96. The SMILES string of the molecule is COC(=O)c1cc2c(C#Cc3ccc(F)cc3)c(OC)c(OC)c(C#Cc3ccc(F)cc3)c2n1C. The molecule has 0 unspecified atom stereocenters. The molecule has 0 aliphatic rings. The molecular weight excluding hydrogens is 464 g/mol. The van der Waals surface area contributed by atoms with Crippen LogP contribution in [0.3, 0.4) is 0 Å². The average molecular weight is 485 g/mol. The molecule has 0 atom stereocenters. The first-order chi connectivity index (χ1) is 17.4. The van der Waals surface area contributed by atoms with Crippen molar-refractivity contribution in [3.05, 3.63) is 94.2 Å². The van der Waals surface area contributed by atoms with Crippen LogP contribution in [-0.4, -0.2) is 31.9 Å². The first kappa shape index (κ1) is 24.4. The predicted molar refractivity (Wildman–Crippen MR) is 132 cm³/mol. The molecule has 4 rings (SSSR count). The van der Waals surface area contributed by atoms with Crippen molar-refractivity contribution in [3.63, 3.8) is 0 Å². The van der Waals surface area contributed by atoms with Crippen LogP contribution in [0.1, 0.15) is 32.7 Å². The highest BCUT2D eigenvalue weighted by Gasteiger charge is 2.25. The predicted octanol–water partition coefficient (Wildman–Crippen LogP) is 5.06. The van der Waals surface area contributed by atoms with Gasteiger partial charge >= 0.3 is 5.97 Å². The van der Waals surface area contributed by atoms with Crippen LogP contribution in [0.15, 0.2) is 54.6 Å². The number of aromatic nitrogens is 1. The highest BCUT2D eigenvalue weighted by molar-refractivity contribution is 6.02. The molecule has 36 heavy (non-hydrogen) atoms. The van der Waals surface area contributed by atoms with Gasteiger partial charge in [0, 0.05) is 23.6 Å². The minimum atomic E-state index is -0.540. The molecule has 0 aliphatic heterocycles. The summed E-state index contributed by atoms with van der Waals surface area (Å²) in [6, 6.07) is 13.2. The number of carbonyl (C=O) groups excluding carboxylic acids is 1. The zero-order valence-electron chi connectivity index (χ0n) is 20.0. The van der Waals surface area contributed by atoms with E-state index in [0.717, 1.165) is 0 Å². The maximum absolute atomic E-state index is 13.3. The quantitative estimate of drug-likeness (QED) is 0.301. The van der Waals surface area contributed by atoms with Crippen molar-refractivity contribution in [1.29, 1.82) is 0 Å². The van der Waals surface area contributed by atoms with E-state index in [1.165, 1.54) is 45.6 Å². The van der Waals surface area contributed by atoms with Crippen LogP contribution in [0, 0.1) is 35.3 Å². The summed E-state index contributed by atoms with van der Waals surface area (Å²) >= 11 is 0. The van der Waals surface area contributed by atoms with Crippen LogP contribution in [0.5, 0.6) is 11.5 Å². The van der Waals surface area contributed by atoms with Crippen molar-refractivity contribution in [2.45, 2.75) is 0 Å². The minimum absolute atomic E-state index is 0.275. The van der Waals surface area contributed by atoms with E-state index in [1.807, 2.05) is 0 Å². The van der Waals surface area contributed by atoms with E-state index < -0.39 is 5.97 Å². The molecule has 0 N–H and O–H groups in total. The van der Waals surface area contributed by atoms with Gasteiger partial charge in [-0.15, -0.1) is 0 Å². The standard InChI is InChI=1S/C29H21F2NO4/c1-32-25(29(33)36-4)17-24-22(15-9-18-5-11-20(30)12-6-18)27(34-2)28(35-3)23(26(24)32)16-10-19-7-13-21(31)14-8-19/h5-8,11-14,17H,1-4H3. The van der Waals surface area contributed by atoms with Crippen LogP contribution in [-0.2, 0) is 11.8 Å². The van der Waals surface area contributed by atoms with E-state index in [0.29, 0.717) is 44.7 Å². The number of hydrogen-bond acceptors (Lipinski definition) is 4. The van der Waals surface area contributed by atoms with Crippen molar-refractivity contribution in [3.8, 4) is 35.2 Å². The zero-order chi connectivity index (χ0) is 25.8. The summed E-state index contributed by atoms with van der Waals surface area (Å²) in [6.07, 6.45) is 0. The monoisotopic (exact) mass is 485 g/mol. The van der Waals surface area contributed by atoms with E-state index in [-0.39, 0.29) is 17.3 Å². The van der Waals surface area contributed by atoms with Gasteiger partial charge in [-0.25, -0.2) is 13.6 Å². The van der Waals surface area contributed by atoms with Crippen LogP contribution in [0.2, 0.25) is 0 Å². The summed E-state index contributed by atoms with van der Waals surface area (Å²) in [5, 5.41) is 0.591. The van der Waals surface area contributed by atoms with Gasteiger partial charge in [0.25, 0.3) is 0 Å². The second kappa shape index (κ2) is 10.2. The number of benzene rings is 3. The maximum atomic E-state index is 13.3. The Kier molecular flexibility index (Phi) is 6.94. The average Bonchev–Trinajstić information content (AvgIpc) is 3.24. The Hall–Kier alpha value is -4.75. The molecule has 180 valence electrons. The molecule has 4 aromatic rings. The van der Waals surface area contributed by atoms with Gasteiger partial charge in [-0.2, -0.15) is 0 Å².